The molecule has 7 nitrogen and oxygen atoms in total. The van der Waals surface area contributed by atoms with E-state index >= 15 is 0 Å². The molecule has 0 aliphatic carbocycles. The number of methoxy groups -OCH3 is 1. The van der Waals surface area contributed by atoms with Gasteiger partial charge in [0.05, 0.1) is 24.8 Å². The Balaban J connectivity index is 2.19. The van der Waals surface area contributed by atoms with Gasteiger partial charge in [-0.3, -0.25) is 4.79 Å². The number of hydrogen-bond donors (Lipinski definition) is 1. The van der Waals surface area contributed by atoms with Gasteiger partial charge in [0, 0.05) is 16.3 Å². The Morgan fingerprint density at radius 2 is 1.71 bits per heavy atom. The van der Waals surface area contributed by atoms with Gasteiger partial charge < -0.3 is 19.2 Å². The number of thioether (sulfide) groups is 1. The smallest absolute Gasteiger partial charge is 0.342 e. The minimum absolute atomic E-state index is 0.169. The molecule has 0 radical (unpaired) electrons. The first-order chi connectivity index (χ1) is 13.3. The zero-order chi connectivity index (χ0) is 20.8. The lowest BCUT2D eigenvalue weighted by Gasteiger charge is -2.10. The topological polar surface area (TPSA) is 94.7 Å². The molecular weight excluding hydrogens is 382 g/mol. The van der Waals surface area contributed by atoms with E-state index in [0.717, 1.165) is 4.90 Å². The Bertz CT molecular complexity index is 902. The maximum Gasteiger partial charge on any atom is 0.342 e. The fraction of sp³-hybridized carbons (Fsp3) is 0.350. The van der Waals surface area contributed by atoms with Gasteiger partial charge in [0.25, 0.3) is 0 Å². The molecule has 0 bridgehead atoms. The van der Waals surface area contributed by atoms with Crippen molar-refractivity contribution in [3.8, 4) is 5.75 Å². The minimum atomic E-state index is -0.680. The quantitative estimate of drug-likeness (QED) is 0.407. The molecule has 0 saturated carbocycles. The maximum absolute atomic E-state index is 12.7. The summed E-state index contributed by atoms with van der Waals surface area (Å²) in [5.41, 5.74) is 1.61. The molecule has 2 rings (SSSR count). The van der Waals surface area contributed by atoms with Crippen molar-refractivity contribution < 1.29 is 28.6 Å². The Labute approximate surface area is 167 Å². The highest BCUT2D eigenvalue weighted by Crippen LogP contribution is 2.26. The van der Waals surface area contributed by atoms with Gasteiger partial charge in [-0.1, -0.05) is 0 Å². The summed E-state index contributed by atoms with van der Waals surface area (Å²) in [5, 5.41) is 0. The van der Waals surface area contributed by atoms with Gasteiger partial charge >= 0.3 is 11.9 Å². The second-order valence-corrected chi connectivity index (χ2v) is 6.79. The van der Waals surface area contributed by atoms with E-state index in [-0.39, 0.29) is 23.3 Å². The normalized spacial score (nSPS) is 10.5. The van der Waals surface area contributed by atoms with Crippen molar-refractivity contribution >= 4 is 29.5 Å². The first-order valence-electron chi connectivity index (χ1n) is 8.62. The summed E-state index contributed by atoms with van der Waals surface area (Å²) >= 11 is 1.51. The van der Waals surface area contributed by atoms with Crippen LogP contribution in [0.5, 0.6) is 5.75 Å². The van der Waals surface area contributed by atoms with Crippen LogP contribution in [0.2, 0.25) is 0 Å². The highest BCUT2D eigenvalue weighted by Gasteiger charge is 2.26. The average molecular weight is 405 g/mol. The monoisotopic (exact) mass is 405 g/mol. The number of benzene rings is 1. The lowest BCUT2D eigenvalue weighted by molar-refractivity contribution is 0.0469. The lowest BCUT2D eigenvalue weighted by atomic mass is 10.1. The SMILES string of the molecule is CCOC(=O)c1c(C)[nH]c(C)c1C(=O)COC(=O)c1ccc(SC)cc1OC. The molecule has 8 heteroatoms. The number of Topliss-reactive ketones (excluding diaryl/α,β-unsaturated/α-hetero) is 1. The van der Waals surface area contributed by atoms with Gasteiger partial charge in [0.1, 0.15) is 11.3 Å². The number of esters is 2. The second kappa shape index (κ2) is 9.45. The third-order valence-electron chi connectivity index (χ3n) is 4.10. The van der Waals surface area contributed by atoms with Crippen molar-refractivity contribution in [2.24, 2.45) is 0 Å². The summed E-state index contributed by atoms with van der Waals surface area (Å²) in [6.07, 6.45) is 1.91. The number of nitrogens with one attached hydrogen (secondary N) is 1. The second-order valence-electron chi connectivity index (χ2n) is 5.91. The number of hydrogen-bond acceptors (Lipinski definition) is 7. The Morgan fingerprint density at radius 1 is 1.04 bits per heavy atom. The molecular formula is C20H23NO6S. The standard InChI is InChI=1S/C20H23NO6S/c1-6-26-20(24)18-12(3)21-11(2)17(18)15(22)10-27-19(23)14-8-7-13(28-5)9-16(14)25-4/h7-9,21H,6,10H2,1-5H3. The Morgan fingerprint density at radius 3 is 2.32 bits per heavy atom. The van der Waals surface area contributed by atoms with Crippen LogP contribution in [0.1, 0.15) is 49.4 Å². The molecule has 28 heavy (non-hydrogen) atoms. The Hall–Kier alpha value is -2.74. The van der Waals surface area contributed by atoms with Crippen LogP contribution < -0.4 is 4.74 Å². The van der Waals surface area contributed by atoms with E-state index in [1.807, 2.05) is 6.26 Å². The van der Waals surface area contributed by atoms with Crippen molar-refractivity contribution in [2.75, 3.05) is 26.6 Å². The molecule has 0 amide bonds. The van der Waals surface area contributed by atoms with Crippen LogP contribution in [0, 0.1) is 13.8 Å². The largest absolute Gasteiger partial charge is 0.496 e. The van der Waals surface area contributed by atoms with Crippen LogP contribution in [0.4, 0.5) is 0 Å². The highest BCUT2D eigenvalue weighted by atomic mass is 32.2. The molecule has 0 fully saturated rings. The van der Waals surface area contributed by atoms with Gasteiger partial charge in [0.15, 0.2) is 6.61 Å². The third-order valence-corrected chi connectivity index (χ3v) is 4.82. The summed E-state index contributed by atoms with van der Waals surface area (Å²) in [6, 6.07) is 5.08. The van der Waals surface area contributed by atoms with Crippen LogP contribution in [-0.2, 0) is 9.47 Å². The van der Waals surface area contributed by atoms with E-state index in [0.29, 0.717) is 17.1 Å². The van der Waals surface area contributed by atoms with Gasteiger partial charge in [-0.25, -0.2) is 9.59 Å². The number of carbonyl (C=O) groups is 3. The van der Waals surface area contributed by atoms with Gasteiger partial charge in [0.2, 0.25) is 5.78 Å². The van der Waals surface area contributed by atoms with Crippen LogP contribution in [-0.4, -0.2) is 49.3 Å². The molecule has 0 aliphatic heterocycles. The maximum atomic E-state index is 12.7. The molecule has 1 heterocycles. The highest BCUT2D eigenvalue weighted by molar-refractivity contribution is 7.98. The third kappa shape index (κ3) is 4.56. The van der Waals surface area contributed by atoms with Gasteiger partial charge in [-0.2, -0.15) is 0 Å². The number of rotatable bonds is 8. The van der Waals surface area contributed by atoms with Crippen LogP contribution in [0.25, 0.3) is 0 Å². The Kier molecular flexibility index (Phi) is 7.28. The number of ketones is 1. The molecule has 1 aromatic carbocycles. The predicted octanol–water partition coefficient (Wildman–Crippen LogP) is 3.58. The number of aromatic nitrogens is 1. The molecule has 1 N–H and O–H groups in total. The number of ether oxygens (including phenoxy) is 3. The summed E-state index contributed by atoms with van der Waals surface area (Å²) in [5.74, 6) is -1.39. The number of aromatic amines is 1. The minimum Gasteiger partial charge on any atom is -0.496 e. The zero-order valence-electron chi connectivity index (χ0n) is 16.5. The summed E-state index contributed by atoms with van der Waals surface area (Å²) in [4.78, 5) is 41.2. The van der Waals surface area contributed by atoms with E-state index in [2.05, 4.69) is 4.98 Å². The molecule has 0 saturated heterocycles. The van der Waals surface area contributed by atoms with E-state index in [4.69, 9.17) is 14.2 Å². The van der Waals surface area contributed by atoms with E-state index in [9.17, 15) is 14.4 Å². The van der Waals surface area contributed by atoms with Crippen molar-refractivity contribution in [2.45, 2.75) is 25.7 Å². The molecule has 0 spiro atoms. The van der Waals surface area contributed by atoms with E-state index in [1.54, 1.807) is 39.0 Å². The summed E-state index contributed by atoms with van der Waals surface area (Å²) in [6.45, 7) is 4.73. The van der Waals surface area contributed by atoms with Crippen LogP contribution >= 0.6 is 11.8 Å². The molecule has 0 unspecified atom stereocenters. The van der Waals surface area contributed by atoms with Crippen molar-refractivity contribution in [1.29, 1.82) is 0 Å². The number of aryl methyl sites for hydroxylation is 2. The first kappa shape index (κ1) is 21.6. The van der Waals surface area contributed by atoms with Crippen LogP contribution in [0.15, 0.2) is 23.1 Å². The summed E-state index contributed by atoms with van der Waals surface area (Å²) in [7, 11) is 1.46. The molecule has 150 valence electrons. The lowest BCUT2D eigenvalue weighted by Crippen LogP contribution is -2.18. The van der Waals surface area contributed by atoms with Crippen LogP contribution in [0.3, 0.4) is 0 Å². The molecule has 0 atom stereocenters. The van der Waals surface area contributed by atoms with Crippen molar-refractivity contribution in [3.05, 3.63) is 46.3 Å². The predicted molar refractivity (Wildman–Crippen MR) is 106 cm³/mol. The fourth-order valence-electron chi connectivity index (χ4n) is 2.84. The number of H-pyrrole nitrogens is 1. The van der Waals surface area contributed by atoms with Gasteiger partial charge in [-0.05, 0) is 45.2 Å². The first-order valence-corrected chi connectivity index (χ1v) is 9.85. The number of carbonyl (C=O) groups excluding carboxylic acids is 3. The van der Waals surface area contributed by atoms with Crippen molar-refractivity contribution in [3.63, 3.8) is 0 Å². The van der Waals surface area contributed by atoms with Crippen molar-refractivity contribution in [1.82, 2.24) is 4.98 Å². The summed E-state index contributed by atoms with van der Waals surface area (Å²) < 4.78 is 15.4. The zero-order valence-corrected chi connectivity index (χ0v) is 17.3. The average Bonchev–Trinajstić information content (AvgIpc) is 2.99. The fourth-order valence-corrected chi connectivity index (χ4v) is 3.27. The van der Waals surface area contributed by atoms with E-state index < -0.39 is 24.3 Å². The molecule has 0 aliphatic rings. The molecule has 1 aromatic heterocycles. The van der Waals surface area contributed by atoms with E-state index in [1.165, 1.54) is 18.9 Å². The van der Waals surface area contributed by atoms with Gasteiger partial charge in [-0.15, -0.1) is 11.8 Å². The molecule has 2 aromatic rings.